The summed E-state index contributed by atoms with van der Waals surface area (Å²) in [5.41, 5.74) is 9.32. The summed E-state index contributed by atoms with van der Waals surface area (Å²) in [6.07, 6.45) is 2.97. The minimum atomic E-state index is -0.269. The Morgan fingerprint density at radius 1 is 1.36 bits per heavy atom. The van der Waals surface area contributed by atoms with Gasteiger partial charge < -0.3 is 10.8 Å². The van der Waals surface area contributed by atoms with Gasteiger partial charge in [0.25, 0.3) is 0 Å². The number of aromatic hydroxyl groups is 1. The first-order chi connectivity index (χ1) is 6.47. The molecule has 0 aromatic heterocycles. The van der Waals surface area contributed by atoms with Crippen molar-refractivity contribution in [3.05, 3.63) is 34.9 Å². The highest BCUT2D eigenvalue weighted by atomic mass is 16.3. The molecule has 1 aromatic rings. The van der Waals surface area contributed by atoms with Crippen LogP contribution in [0.1, 0.15) is 25.0 Å². The van der Waals surface area contributed by atoms with Gasteiger partial charge in [-0.25, -0.2) is 0 Å². The molecule has 2 heteroatoms. The molecule has 74 valence electrons. The van der Waals surface area contributed by atoms with Crippen LogP contribution in [-0.2, 0) is 6.42 Å². The van der Waals surface area contributed by atoms with E-state index in [4.69, 9.17) is 5.73 Å². The van der Waals surface area contributed by atoms with Crippen LogP contribution >= 0.6 is 0 Å². The van der Waals surface area contributed by atoms with Crippen LogP contribution in [0.3, 0.4) is 0 Å². The number of fused-ring (bicyclic) bond motifs is 1. The Kier molecular flexibility index (Phi) is 1.89. The van der Waals surface area contributed by atoms with Crippen LogP contribution in [0.15, 0.2) is 23.8 Å². The van der Waals surface area contributed by atoms with Gasteiger partial charge in [-0.1, -0.05) is 12.1 Å². The van der Waals surface area contributed by atoms with Crippen molar-refractivity contribution in [2.45, 2.75) is 25.8 Å². The maximum absolute atomic E-state index is 9.33. The predicted octanol–water partition coefficient (Wildman–Crippen LogP) is 2.07. The zero-order chi connectivity index (χ0) is 10.3. The summed E-state index contributed by atoms with van der Waals surface area (Å²) in [5, 5.41) is 9.33. The molecule has 3 N–H and O–H groups in total. The number of phenolic OH excluding ortho intramolecular Hbond substituents is 1. The van der Waals surface area contributed by atoms with E-state index in [1.54, 1.807) is 6.07 Å². The van der Waals surface area contributed by atoms with E-state index < -0.39 is 0 Å². The molecule has 1 aliphatic carbocycles. The lowest BCUT2D eigenvalue weighted by Crippen LogP contribution is -2.34. The number of hydrogen-bond acceptors (Lipinski definition) is 2. The summed E-state index contributed by atoms with van der Waals surface area (Å²) < 4.78 is 0. The van der Waals surface area contributed by atoms with Crippen molar-refractivity contribution in [1.82, 2.24) is 0 Å². The molecule has 0 heterocycles. The van der Waals surface area contributed by atoms with Gasteiger partial charge >= 0.3 is 0 Å². The molecule has 0 spiro atoms. The smallest absolute Gasteiger partial charge is 0.115 e. The molecule has 1 aliphatic rings. The Morgan fingerprint density at radius 3 is 2.71 bits per heavy atom. The minimum absolute atomic E-state index is 0.269. The van der Waals surface area contributed by atoms with Crippen LogP contribution in [-0.4, -0.2) is 10.6 Å². The molecule has 2 nitrogen and oxygen atoms in total. The first kappa shape index (κ1) is 9.28. The molecule has 2 rings (SSSR count). The fourth-order valence-corrected chi connectivity index (χ4v) is 1.74. The second-order valence-corrected chi connectivity index (χ2v) is 4.45. The Hall–Kier alpha value is -1.28. The molecular weight excluding hydrogens is 174 g/mol. The molecule has 1 aromatic carbocycles. The van der Waals surface area contributed by atoms with Crippen LogP contribution in [0, 0.1) is 0 Å². The van der Waals surface area contributed by atoms with Gasteiger partial charge in [-0.05, 0) is 49.1 Å². The van der Waals surface area contributed by atoms with Gasteiger partial charge in [0.1, 0.15) is 5.75 Å². The van der Waals surface area contributed by atoms with Crippen LogP contribution in [0.2, 0.25) is 0 Å². The SMILES string of the molecule is CC(C)(N)C1=Cc2ccc(O)cc2C1. The molecule has 0 atom stereocenters. The zero-order valence-electron chi connectivity index (χ0n) is 8.54. The van der Waals surface area contributed by atoms with Gasteiger partial charge in [-0.2, -0.15) is 0 Å². The summed E-state index contributed by atoms with van der Waals surface area (Å²) in [6.45, 7) is 4.01. The standard InChI is InChI=1S/C12H15NO/c1-12(2,13)10-5-8-3-4-11(14)7-9(8)6-10/h3-5,7,14H,6,13H2,1-2H3. The fourth-order valence-electron chi connectivity index (χ4n) is 1.74. The molecule has 0 saturated carbocycles. The molecule has 14 heavy (non-hydrogen) atoms. The maximum atomic E-state index is 9.33. The number of nitrogens with two attached hydrogens (primary N) is 1. The summed E-state index contributed by atoms with van der Waals surface area (Å²) in [6, 6.07) is 5.45. The van der Waals surface area contributed by atoms with Gasteiger partial charge in [0.05, 0.1) is 0 Å². The van der Waals surface area contributed by atoms with E-state index in [2.05, 4.69) is 6.08 Å². The number of benzene rings is 1. The van der Waals surface area contributed by atoms with E-state index in [1.165, 1.54) is 16.7 Å². The predicted molar refractivity (Wildman–Crippen MR) is 58.1 cm³/mol. The summed E-state index contributed by atoms with van der Waals surface area (Å²) in [7, 11) is 0. The van der Waals surface area contributed by atoms with Crippen LogP contribution < -0.4 is 5.73 Å². The monoisotopic (exact) mass is 189 g/mol. The molecule has 0 radical (unpaired) electrons. The largest absolute Gasteiger partial charge is 0.508 e. The average molecular weight is 189 g/mol. The Bertz CT molecular complexity index is 399. The maximum Gasteiger partial charge on any atom is 0.115 e. The third-order valence-electron chi connectivity index (χ3n) is 2.66. The van der Waals surface area contributed by atoms with Crippen molar-refractivity contribution in [1.29, 1.82) is 0 Å². The summed E-state index contributed by atoms with van der Waals surface area (Å²) in [5.74, 6) is 0.327. The molecule has 0 aliphatic heterocycles. The Morgan fingerprint density at radius 2 is 2.07 bits per heavy atom. The van der Waals surface area contributed by atoms with Crippen molar-refractivity contribution in [3.63, 3.8) is 0 Å². The van der Waals surface area contributed by atoms with Gasteiger partial charge in [-0.15, -0.1) is 0 Å². The first-order valence-corrected chi connectivity index (χ1v) is 4.78. The number of rotatable bonds is 1. The lowest BCUT2D eigenvalue weighted by molar-refractivity contribution is 0.474. The van der Waals surface area contributed by atoms with Gasteiger partial charge in [0, 0.05) is 5.54 Å². The van der Waals surface area contributed by atoms with Crippen LogP contribution in [0.25, 0.3) is 6.08 Å². The molecular formula is C12H15NO. The molecule has 0 unspecified atom stereocenters. The van der Waals surface area contributed by atoms with Crippen molar-refractivity contribution in [2.75, 3.05) is 0 Å². The van der Waals surface area contributed by atoms with E-state index in [9.17, 15) is 5.11 Å². The molecule has 0 amide bonds. The van der Waals surface area contributed by atoms with Gasteiger partial charge in [0.15, 0.2) is 0 Å². The second kappa shape index (κ2) is 2.85. The van der Waals surface area contributed by atoms with E-state index in [0.29, 0.717) is 5.75 Å². The highest BCUT2D eigenvalue weighted by molar-refractivity contribution is 5.66. The average Bonchev–Trinajstić information content (AvgIpc) is 2.45. The lowest BCUT2D eigenvalue weighted by Gasteiger charge is -2.20. The van der Waals surface area contributed by atoms with Crippen molar-refractivity contribution < 1.29 is 5.11 Å². The first-order valence-electron chi connectivity index (χ1n) is 4.78. The number of phenols is 1. The molecule has 0 fully saturated rings. The Labute approximate surface area is 84.1 Å². The van der Waals surface area contributed by atoms with Crippen LogP contribution in [0.5, 0.6) is 5.75 Å². The highest BCUT2D eigenvalue weighted by Crippen LogP contribution is 2.32. The lowest BCUT2D eigenvalue weighted by atomic mass is 9.94. The third kappa shape index (κ3) is 1.53. The van der Waals surface area contributed by atoms with Gasteiger partial charge in [0.2, 0.25) is 0 Å². The molecule has 0 bridgehead atoms. The summed E-state index contributed by atoms with van der Waals surface area (Å²) >= 11 is 0. The normalized spacial score (nSPS) is 15.2. The van der Waals surface area contributed by atoms with Crippen molar-refractivity contribution >= 4 is 6.08 Å². The van der Waals surface area contributed by atoms with Crippen LogP contribution in [0.4, 0.5) is 0 Å². The van der Waals surface area contributed by atoms with E-state index in [1.807, 2.05) is 26.0 Å². The zero-order valence-corrected chi connectivity index (χ0v) is 8.54. The van der Waals surface area contributed by atoms with Gasteiger partial charge in [-0.3, -0.25) is 0 Å². The summed E-state index contributed by atoms with van der Waals surface area (Å²) in [4.78, 5) is 0. The van der Waals surface area contributed by atoms with Crippen molar-refractivity contribution in [3.8, 4) is 5.75 Å². The van der Waals surface area contributed by atoms with E-state index >= 15 is 0 Å². The topological polar surface area (TPSA) is 46.2 Å². The fraction of sp³-hybridized carbons (Fsp3) is 0.333. The third-order valence-corrected chi connectivity index (χ3v) is 2.66. The van der Waals surface area contributed by atoms with Crippen molar-refractivity contribution in [2.24, 2.45) is 5.73 Å². The highest BCUT2D eigenvalue weighted by Gasteiger charge is 2.23. The quantitative estimate of drug-likeness (QED) is 0.710. The minimum Gasteiger partial charge on any atom is -0.508 e. The second-order valence-electron chi connectivity index (χ2n) is 4.45. The van der Waals surface area contributed by atoms with E-state index in [0.717, 1.165) is 6.42 Å². The van der Waals surface area contributed by atoms with E-state index in [-0.39, 0.29) is 5.54 Å². The number of hydrogen-bond donors (Lipinski definition) is 2. The Balaban J connectivity index is 2.37. The molecule has 0 saturated heterocycles.